The summed E-state index contributed by atoms with van der Waals surface area (Å²) in [5.74, 6) is -1.15. The van der Waals surface area contributed by atoms with Gasteiger partial charge in [0, 0.05) is 6.61 Å². The van der Waals surface area contributed by atoms with Crippen molar-refractivity contribution in [2.75, 3.05) is 0 Å². The monoisotopic (exact) mass is 397 g/mol. The first-order valence-electron chi connectivity index (χ1n) is 7.31. The van der Waals surface area contributed by atoms with Crippen molar-refractivity contribution in [2.24, 2.45) is 0 Å². The van der Waals surface area contributed by atoms with Gasteiger partial charge in [0.1, 0.15) is 4.90 Å². The smallest absolute Gasteiger partial charge is 0.614 e. The van der Waals surface area contributed by atoms with Gasteiger partial charge in [-0.15, -0.1) is 0 Å². The Morgan fingerprint density at radius 1 is 0.808 bits per heavy atom. The first kappa shape index (κ1) is 17.2. The summed E-state index contributed by atoms with van der Waals surface area (Å²) in [7, 11) is -9.13. The van der Waals surface area contributed by atoms with Crippen molar-refractivity contribution in [1.82, 2.24) is 0 Å². The Labute approximate surface area is 148 Å². The molecule has 0 amide bonds. The number of rotatable bonds is 0. The summed E-state index contributed by atoms with van der Waals surface area (Å²) in [5, 5.41) is 0. The molecule has 1 unspecified atom stereocenters. The van der Waals surface area contributed by atoms with Crippen LogP contribution in [-0.2, 0) is 44.4 Å². The van der Waals surface area contributed by atoms with Crippen LogP contribution in [0.3, 0.4) is 0 Å². The van der Waals surface area contributed by atoms with Crippen LogP contribution in [0.4, 0.5) is 0 Å². The van der Waals surface area contributed by atoms with Crippen molar-refractivity contribution in [3.63, 3.8) is 0 Å². The van der Waals surface area contributed by atoms with Gasteiger partial charge in [-0.25, -0.2) is 0 Å². The van der Waals surface area contributed by atoms with Crippen LogP contribution in [0.1, 0.15) is 15.9 Å². The van der Waals surface area contributed by atoms with E-state index in [-0.39, 0.29) is 16.0 Å². The summed E-state index contributed by atoms with van der Waals surface area (Å²) in [5.41, 5.74) is -0.123. The molecular weight excluding hydrogens is 387 g/mol. The Morgan fingerprint density at radius 2 is 1.38 bits per heavy atom. The molecule has 26 heavy (non-hydrogen) atoms. The van der Waals surface area contributed by atoms with E-state index in [0.717, 1.165) is 6.07 Å². The largest absolute Gasteiger partial charge is 0.622 e. The van der Waals surface area contributed by atoms with Crippen LogP contribution in [0.2, 0.25) is 0 Å². The third-order valence-corrected chi connectivity index (χ3v) is 6.61. The van der Waals surface area contributed by atoms with Crippen molar-refractivity contribution in [2.45, 2.75) is 16.4 Å². The highest BCUT2D eigenvalue weighted by atomic mass is 32.2. The van der Waals surface area contributed by atoms with E-state index in [1.807, 2.05) is 0 Å². The molecule has 1 spiro atoms. The minimum atomic E-state index is -4.61. The fourth-order valence-electron chi connectivity index (χ4n) is 2.67. The van der Waals surface area contributed by atoms with Crippen molar-refractivity contribution >= 4 is 33.2 Å². The van der Waals surface area contributed by atoms with Gasteiger partial charge in [-0.2, -0.15) is 16.8 Å². The summed E-state index contributed by atoms with van der Waals surface area (Å²) in [6.45, 7) is -4.33. The zero-order valence-corrected chi connectivity index (χ0v) is 14.5. The first-order valence-corrected chi connectivity index (χ1v) is 10.1. The highest BCUT2D eigenvalue weighted by molar-refractivity contribution is 7.89. The van der Waals surface area contributed by atoms with Crippen LogP contribution in [0.15, 0.2) is 58.3 Å². The molecule has 0 N–H and O–H groups in total. The van der Waals surface area contributed by atoms with Gasteiger partial charge in [0.05, 0.1) is 10.5 Å². The minimum absolute atomic E-state index is 0.199. The van der Waals surface area contributed by atoms with Crippen molar-refractivity contribution in [3.8, 4) is 0 Å². The lowest BCUT2D eigenvalue weighted by Crippen LogP contribution is -2.50. The molecule has 0 aliphatic carbocycles. The van der Waals surface area contributed by atoms with E-state index in [1.165, 1.54) is 36.4 Å². The Morgan fingerprint density at radius 3 is 2.12 bits per heavy atom. The second-order valence-corrected chi connectivity index (χ2v) is 8.58. The van der Waals surface area contributed by atoms with E-state index >= 15 is 0 Å². The van der Waals surface area contributed by atoms with Crippen LogP contribution >= 0.6 is 0 Å². The van der Waals surface area contributed by atoms with Crippen molar-refractivity contribution in [1.29, 1.82) is 0 Å². The molecule has 4 rings (SSSR count). The number of fused-ring (bicyclic) bond motifs is 2. The molecule has 0 fully saturated rings. The molecule has 9 nitrogen and oxygen atoms in total. The van der Waals surface area contributed by atoms with Crippen LogP contribution in [0.25, 0.3) is 0 Å². The second kappa shape index (κ2) is 5.63. The summed E-state index contributed by atoms with van der Waals surface area (Å²) >= 11 is 0. The quantitative estimate of drug-likeness (QED) is 0.598. The SMILES string of the molecule is O=C1O[B-]2(OCc3ccccc3S(=O)(=O)O2)OS(=O)(=O)c2ccccc21. The standard InChI is InChI=1S/C14H10BO9S2/c16-14-11-6-2-4-8-13(11)26(19,20)24-15(22-14)21-9-10-5-1-3-7-12(10)25(17,18)23-15/h1-8H,9H2/q-1. The van der Waals surface area contributed by atoms with Gasteiger partial charge in [-0.1, -0.05) is 30.3 Å². The predicted molar refractivity (Wildman–Crippen MR) is 85.4 cm³/mol. The summed E-state index contributed by atoms with van der Waals surface area (Å²) < 4.78 is 69.9. The molecule has 0 saturated heterocycles. The van der Waals surface area contributed by atoms with Crippen LogP contribution in [-0.4, -0.2) is 29.8 Å². The van der Waals surface area contributed by atoms with Gasteiger partial charge in [0.2, 0.25) is 0 Å². The molecule has 0 saturated carbocycles. The second-order valence-electron chi connectivity index (χ2n) is 5.50. The summed E-state index contributed by atoms with van der Waals surface area (Å²) in [4.78, 5) is 11.6. The fraction of sp³-hybridized carbons (Fsp3) is 0.0714. The van der Waals surface area contributed by atoms with E-state index in [0.29, 0.717) is 0 Å². The van der Waals surface area contributed by atoms with Gasteiger partial charge in [0.25, 0.3) is 26.2 Å². The van der Waals surface area contributed by atoms with Gasteiger partial charge in [-0.3, -0.25) is 4.79 Å². The molecule has 2 aliphatic heterocycles. The fourth-order valence-corrected chi connectivity index (χ4v) is 5.17. The van der Waals surface area contributed by atoms with Gasteiger partial charge in [0.15, 0.2) is 0 Å². The van der Waals surface area contributed by atoms with Crippen LogP contribution in [0, 0.1) is 0 Å². The molecular formula is C14H10BO9S2-. The third-order valence-electron chi connectivity index (χ3n) is 3.80. The summed E-state index contributed by atoms with van der Waals surface area (Å²) in [6, 6.07) is 10.8. The molecule has 0 radical (unpaired) electrons. The number of carbonyl (C=O) groups excluding carboxylic acids is 1. The Balaban J connectivity index is 1.86. The maximum Gasteiger partial charge on any atom is 0.622 e. The van der Waals surface area contributed by atoms with Gasteiger partial charge in [-0.05, 0) is 23.8 Å². The van der Waals surface area contributed by atoms with Crippen LogP contribution in [0.5, 0.6) is 0 Å². The molecule has 2 aromatic carbocycles. The molecule has 12 heteroatoms. The predicted octanol–water partition coefficient (Wildman–Crippen LogP) is 0.934. The van der Waals surface area contributed by atoms with Crippen LogP contribution < -0.4 is 0 Å². The molecule has 2 aromatic rings. The normalized spacial score (nSPS) is 26.1. The molecule has 0 aromatic heterocycles. The highest BCUT2D eigenvalue weighted by Crippen LogP contribution is 2.35. The van der Waals surface area contributed by atoms with Gasteiger partial charge < -0.3 is 17.5 Å². The lowest BCUT2D eigenvalue weighted by atomic mass is 10.1. The molecule has 2 heterocycles. The maximum absolute atomic E-state index is 12.5. The van der Waals surface area contributed by atoms with E-state index in [4.69, 9.17) is 17.5 Å². The average Bonchev–Trinajstić information content (AvgIpc) is 2.74. The lowest BCUT2D eigenvalue weighted by Gasteiger charge is -2.34. The van der Waals surface area contributed by atoms with E-state index < -0.39 is 44.7 Å². The maximum atomic E-state index is 12.5. The molecule has 2 aliphatic rings. The molecule has 0 bridgehead atoms. The third kappa shape index (κ3) is 2.71. The number of benzene rings is 2. The van der Waals surface area contributed by atoms with Crippen molar-refractivity contribution in [3.05, 3.63) is 59.7 Å². The zero-order valence-electron chi connectivity index (χ0n) is 12.9. The van der Waals surface area contributed by atoms with E-state index in [1.54, 1.807) is 6.07 Å². The Hall–Kier alpha value is -2.25. The number of carbonyl (C=O) groups is 1. The van der Waals surface area contributed by atoms with E-state index in [2.05, 4.69) is 0 Å². The number of hydrogen-bond acceptors (Lipinski definition) is 9. The minimum Gasteiger partial charge on any atom is -0.614 e. The Kier molecular flexibility index (Phi) is 3.72. The average molecular weight is 397 g/mol. The Bertz CT molecular complexity index is 1120. The topological polar surface area (TPSA) is 122 Å². The highest BCUT2D eigenvalue weighted by Gasteiger charge is 2.50. The number of hydrogen-bond donors (Lipinski definition) is 0. The van der Waals surface area contributed by atoms with Gasteiger partial charge >= 0.3 is 6.96 Å². The lowest BCUT2D eigenvalue weighted by molar-refractivity contribution is 0.0334. The zero-order chi connectivity index (χ0) is 18.6. The molecule has 136 valence electrons. The van der Waals surface area contributed by atoms with Crippen molar-refractivity contribution < 1.29 is 39.1 Å². The molecule has 1 atom stereocenters. The summed E-state index contributed by atoms with van der Waals surface area (Å²) in [6.07, 6.45) is 0. The van der Waals surface area contributed by atoms with E-state index in [9.17, 15) is 21.6 Å². The first-order chi connectivity index (χ1) is 12.2.